The van der Waals surface area contributed by atoms with Crippen LogP contribution >= 0.6 is 0 Å². The van der Waals surface area contributed by atoms with Crippen LogP contribution in [0.5, 0.6) is 0 Å². The molecule has 3 nitrogen and oxygen atoms in total. The summed E-state index contributed by atoms with van der Waals surface area (Å²) in [5.41, 5.74) is 0. The van der Waals surface area contributed by atoms with Gasteiger partial charge in [-0.05, 0) is 11.8 Å². The predicted molar refractivity (Wildman–Crippen MR) is 55.9 cm³/mol. The molecule has 0 spiro atoms. The number of methoxy groups -OCH3 is 1. The number of carbonyl (C=O) groups excluding carboxylic acids is 1. The van der Waals surface area contributed by atoms with Crippen molar-refractivity contribution < 1.29 is 9.53 Å². The molecular formula is C11H19NO2. The van der Waals surface area contributed by atoms with Crippen LogP contribution in [0.4, 0.5) is 0 Å². The van der Waals surface area contributed by atoms with E-state index in [0.29, 0.717) is 17.9 Å². The van der Waals surface area contributed by atoms with Crippen molar-refractivity contribution >= 4 is 5.97 Å². The second-order valence-corrected chi connectivity index (χ2v) is 4.18. The highest BCUT2D eigenvalue weighted by molar-refractivity contribution is 5.78. The minimum Gasteiger partial charge on any atom is -0.468 e. The zero-order valence-electron chi connectivity index (χ0n) is 9.28. The topological polar surface area (TPSA) is 38.3 Å². The normalized spacial score (nSPS) is 31.9. The van der Waals surface area contributed by atoms with Gasteiger partial charge in [-0.25, -0.2) is 0 Å². The third kappa shape index (κ3) is 2.35. The number of hydrogen-bond donors (Lipinski definition) is 1. The van der Waals surface area contributed by atoms with Gasteiger partial charge in [-0.15, -0.1) is 0 Å². The average Bonchev–Trinajstić information content (AvgIpc) is 2.17. The van der Waals surface area contributed by atoms with Crippen molar-refractivity contribution in [2.45, 2.75) is 32.9 Å². The van der Waals surface area contributed by atoms with Crippen molar-refractivity contribution in [1.29, 1.82) is 0 Å². The highest BCUT2D eigenvalue weighted by Gasteiger charge is 2.28. The minimum atomic E-state index is -0.274. The Hall–Kier alpha value is -0.830. The molecule has 0 radical (unpaired) electrons. The molecule has 0 aromatic heterocycles. The summed E-state index contributed by atoms with van der Waals surface area (Å²) in [5, 5.41) is 3.29. The van der Waals surface area contributed by atoms with Crippen LogP contribution in [0, 0.1) is 11.8 Å². The second kappa shape index (κ2) is 4.60. The minimum absolute atomic E-state index is 0.209. The Bertz CT molecular complexity index is 235. The van der Waals surface area contributed by atoms with E-state index in [-0.39, 0.29) is 12.0 Å². The molecule has 0 aliphatic carbocycles. The van der Waals surface area contributed by atoms with Gasteiger partial charge in [0.15, 0.2) is 0 Å². The summed E-state index contributed by atoms with van der Waals surface area (Å²) in [6, 6.07) is 0.0766. The molecule has 1 rings (SSSR count). The number of carbonyl (C=O) groups is 1. The van der Waals surface area contributed by atoms with Gasteiger partial charge >= 0.3 is 5.97 Å². The number of hydrogen-bond acceptors (Lipinski definition) is 3. The summed E-state index contributed by atoms with van der Waals surface area (Å²) in [6.07, 6.45) is 3.97. The van der Waals surface area contributed by atoms with Gasteiger partial charge in [-0.2, -0.15) is 0 Å². The van der Waals surface area contributed by atoms with Gasteiger partial charge in [0, 0.05) is 6.04 Å². The van der Waals surface area contributed by atoms with E-state index in [1.165, 1.54) is 7.11 Å². The molecule has 0 saturated carbocycles. The van der Waals surface area contributed by atoms with Gasteiger partial charge in [0.1, 0.15) is 6.04 Å². The largest absolute Gasteiger partial charge is 0.468 e. The maximum absolute atomic E-state index is 11.3. The van der Waals surface area contributed by atoms with Crippen LogP contribution in [-0.4, -0.2) is 25.2 Å². The highest BCUT2D eigenvalue weighted by Crippen LogP contribution is 2.19. The summed E-state index contributed by atoms with van der Waals surface area (Å²) < 4.78 is 4.70. The lowest BCUT2D eigenvalue weighted by Gasteiger charge is -2.33. The summed E-state index contributed by atoms with van der Waals surface area (Å²) >= 11 is 0. The lowest BCUT2D eigenvalue weighted by atomic mass is 9.87. The maximum Gasteiger partial charge on any atom is 0.326 e. The maximum atomic E-state index is 11.3. The van der Waals surface area contributed by atoms with Crippen molar-refractivity contribution in [3.63, 3.8) is 0 Å². The zero-order chi connectivity index (χ0) is 10.7. The Kier molecular flexibility index (Phi) is 3.69. The fraction of sp³-hybridized carbons (Fsp3) is 0.727. The van der Waals surface area contributed by atoms with Crippen molar-refractivity contribution in [2.24, 2.45) is 11.8 Å². The van der Waals surface area contributed by atoms with Gasteiger partial charge in [0.2, 0.25) is 0 Å². The highest BCUT2D eigenvalue weighted by atomic mass is 16.5. The van der Waals surface area contributed by atoms with Gasteiger partial charge in [0.05, 0.1) is 7.11 Å². The predicted octanol–water partition coefficient (Wildman–Crippen LogP) is 1.35. The molecule has 0 amide bonds. The van der Waals surface area contributed by atoms with Crippen molar-refractivity contribution in [1.82, 2.24) is 5.32 Å². The average molecular weight is 197 g/mol. The standard InChI is InChI=1S/C11H19NO2/c1-7(2)10-8(3)5-6-9(12-10)11(13)14-4/h5-10,12H,1-4H3. The van der Waals surface area contributed by atoms with Crippen LogP contribution in [-0.2, 0) is 9.53 Å². The molecule has 0 aromatic carbocycles. The van der Waals surface area contributed by atoms with Gasteiger partial charge in [0.25, 0.3) is 0 Å². The van der Waals surface area contributed by atoms with E-state index in [2.05, 4.69) is 32.2 Å². The van der Waals surface area contributed by atoms with Crippen molar-refractivity contribution in [2.75, 3.05) is 7.11 Å². The molecule has 0 saturated heterocycles. The zero-order valence-corrected chi connectivity index (χ0v) is 9.28. The third-order valence-corrected chi connectivity index (χ3v) is 2.72. The quantitative estimate of drug-likeness (QED) is 0.536. The van der Waals surface area contributed by atoms with E-state index < -0.39 is 0 Å². The summed E-state index contributed by atoms with van der Waals surface area (Å²) in [7, 11) is 1.42. The van der Waals surface area contributed by atoms with E-state index in [4.69, 9.17) is 4.74 Å². The first kappa shape index (κ1) is 11.2. The molecule has 3 heteroatoms. The van der Waals surface area contributed by atoms with Crippen LogP contribution in [0.15, 0.2) is 12.2 Å². The Labute approximate surface area is 85.5 Å². The number of rotatable bonds is 2. The van der Waals surface area contributed by atoms with Crippen LogP contribution in [0.2, 0.25) is 0 Å². The van der Waals surface area contributed by atoms with Crippen molar-refractivity contribution in [3.8, 4) is 0 Å². The fourth-order valence-corrected chi connectivity index (χ4v) is 1.89. The molecule has 1 aliphatic rings. The molecule has 3 unspecified atom stereocenters. The van der Waals surface area contributed by atoms with E-state index in [1.807, 2.05) is 6.08 Å². The fourth-order valence-electron chi connectivity index (χ4n) is 1.89. The molecule has 1 N–H and O–H groups in total. The Morgan fingerprint density at radius 1 is 1.43 bits per heavy atom. The van der Waals surface area contributed by atoms with Gasteiger partial charge in [-0.3, -0.25) is 10.1 Å². The first-order valence-electron chi connectivity index (χ1n) is 5.08. The SMILES string of the molecule is COC(=O)C1C=CC(C)C(C(C)C)N1. The molecule has 3 atom stereocenters. The van der Waals surface area contributed by atoms with Crippen LogP contribution in [0.25, 0.3) is 0 Å². The number of ether oxygens (including phenoxy) is 1. The van der Waals surface area contributed by atoms with Gasteiger partial charge < -0.3 is 4.74 Å². The summed E-state index contributed by atoms with van der Waals surface area (Å²) in [5.74, 6) is 0.775. The van der Waals surface area contributed by atoms with E-state index >= 15 is 0 Å². The lowest BCUT2D eigenvalue weighted by Crippen LogP contribution is -2.50. The molecule has 0 aromatic rings. The molecule has 0 bridgehead atoms. The molecule has 14 heavy (non-hydrogen) atoms. The van der Waals surface area contributed by atoms with Crippen LogP contribution in [0.1, 0.15) is 20.8 Å². The van der Waals surface area contributed by atoms with Crippen LogP contribution < -0.4 is 5.32 Å². The Morgan fingerprint density at radius 3 is 2.57 bits per heavy atom. The molecule has 80 valence electrons. The Balaban J connectivity index is 2.69. The number of esters is 1. The smallest absolute Gasteiger partial charge is 0.326 e. The molecule has 1 aliphatic heterocycles. The molecular weight excluding hydrogens is 178 g/mol. The summed E-state index contributed by atoms with van der Waals surface area (Å²) in [4.78, 5) is 11.3. The van der Waals surface area contributed by atoms with Crippen LogP contribution in [0.3, 0.4) is 0 Å². The lowest BCUT2D eigenvalue weighted by molar-refractivity contribution is -0.142. The van der Waals surface area contributed by atoms with Crippen molar-refractivity contribution in [3.05, 3.63) is 12.2 Å². The van der Waals surface area contributed by atoms with E-state index in [1.54, 1.807) is 0 Å². The van der Waals surface area contributed by atoms with Gasteiger partial charge in [-0.1, -0.05) is 32.9 Å². The first-order chi connectivity index (χ1) is 6.56. The Morgan fingerprint density at radius 2 is 2.07 bits per heavy atom. The molecule has 0 fully saturated rings. The second-order valence-electron chi connectivity index (χ2n) is 4.18. The van der Waals surface area contributed by atoms with E-state index in [9.17, 15) is 4.79 Å². The number of nitrogens with one attached hydrogen (secondary N) is 1. The molecule has 1 heterocycles. The summed E-state index contributed by atoms with van der Waals surface area (Å²) in [6.45, 7) is 6.46. The monoisotopic (exact) mass is 197 g/mol. The third-order valence-electron chi connectivity index (χ3n) is 2.72. The van der Waals surface area contributed by atoms with E-state index in [0.717, 1.165) is 0 Å². The first-order valence-corrected chi connectivity index (χ1v) is 5.08.